The van der Waals surface area contributed by atoms with E-state index in [1.165, 1.54) is 0 Å². The minimum absolute atomic E-state index is 0.0126. The zero-order valence-corrected chi connectivity index (χ0v) is 13.2. The number of carbonyl (C=O) groups excluding carboxylic acids is 1. The van der Waals surface area contributed by atoms with Crippen LogP contribution in [0.15, 0.2) is 60.7 Å². The van der Waals surface area contributed by atoms with E-state index in [0.29, 0.717) is 12.0 Å². The maximum absolute atomic E-state index is 12.6. The van der Waals surface area contributed by atoms with Crippen LogP contribution in [0, 0.1) is 5.92 Å². The number of Topliss-reactive ketones (excluding diaryl/α,β-unsaturated/α-hetero) is 1. The van der Waals surface area contributed by atoms with Crippen molar-refractivity contribution in [2.75, 3.05) is 4.43 Å². The molecule has 2 nitrogen and oxygen atoms in total. The molecular weight excluding hydrogens is 363 g/mol. The van der Waals surface area contributed by atoms with Crippen molar-refractivity contribution in [1.29, 1.82) is 0 Å². The molecule has 0 bridgehead atoms. The third-order valence-electron chi connectivity index (χ3n) is 3.34. The highest BCUT2D eigenvalue weighted by Crippen LogP contribution is 2.28. The molecule has 0 amide bonds. The molecule has 1 N–H and O–H groups in total. The Morgan fingerprint density at radius 2 is 1.55 bits per heavy atom. The van der Waals surface area contributed by atoms with Crippen LogP contribution in [0.3, 0.4) is 0 Å². The summed E-state index contributed by atoms with van der Waals surface area (Å²) in [4.78, 5) is 12.6. The van der Waals surface area contributed by atoms with Gasteiger partial charge in [-0.3, -0.25) is 4.79 Å². The molecule has 0 fully saturated rings. The van der Waals surface area contributed by atoms with Gasteiger partial charge in [0, 0.05) is 9.99 Å². The van der Waals surface area contributed by atoms with Crippen molar-refractivity contribution in [2.24, 2.45) is 5.92 Å². The van der Waals surface area contributed by atoms with Crippen molar-refractivity contribution < 1.29 is 9.90 Å². The van der Waals surface area contributed by atoms with Crippen LogP contribution in [0.25, 0.3) is 0 Å². The number of hydrogen-bond acceptors (Lipinski definition) is 2. The number of hydrogen-bond donors (Lipinski definition) is 1. The van der Waals surface area contributed by atoms with Gasteiger partial charge < -0.3 is 5.11 Å². The molecule has 0 aromatic heterocycles. The summed E-state index contributed by atoms with van der Waals surface area (Å²) in [7, 11) is 0. The fraction of sp³-hybridized carbons (Fsp3) is 0.235. The number of rotatable bonds is 6. The second-order valence-electron chi connectivity index (χ2n) is 4.67. The highest BCUT2D eigenvalue weighted by molar-refractivity contribution is 14.1. The van der Waals surface area contributed by atoms with Crippen LogP contribution in [-0.2, 0) is 0 Å². The maximum Gasteiger partial charge on any atom is 0.168 e. The zero-order valence-electron chi connectivity index (χ0n) is 11.1. The first-order chi connectivity index (χ1) is 9.74. The van der Waals surface area contributed by atoms with Gasteiger partial charge in [0.1, 0.15) is 0 Å². The van der Waals surface area contributed by atoms with E-state index in [1.807, 2.05) is 48.5 Å². The molecule has 104 valence electrons. The highest BCUT2D eigenvalue weighted by Gasteiger charge is 2.28. The fourth-order valence-corrected chi connectivity index (χ4v) is 2.92. The van der Waals surface area contributed by atoms with Crippen molar-refractivity contribution in [3.63, 3.8) is 0 Å². The van der Waals surface area contributed by atoms with Gasteiger partial charge >= 0.3 is 0 Å². The van der Waals surface area contributed by atoms with Crippen LogP contribution < -0.4 is 0 Å². The van der Waals surface area contributed by atoms with E-state index in [-0.39, 0.29) is 5.78 Å². The molecule has 0 spiro atoms. The molecule has 0 heterocycles. The Balaban J connectivity index is 2.25. The van der Waals surface area contributed by atoms with Crippen LogP contribution in [0.2, 0.25) is 0 Å². The summed E-state index contributed by atoms with van der Waals surface area (Å²) in [6, 6.07) is 18.6. The summed E-state index contributed by atoms with van der Waals surface area (Å²) >= 11 is 2.24. The first-order valence-corrected chi connectivity index (χ1v) is 8.15. The van der Waals surface area contributed by atoms with E-state index in [4.69, 9.17) is 0 Å². The third-order valence-corrected chi connectivity index (χ3v) is 3.96. The second-order valence-corrected chi connectivity index (χ2v) is 5.75. The maximum atomic E-state index is 12.6. The topological polar surface area (TPSA) is 37.3 Å². The molecule has 2 atom stereocenters. The molecule has 0 aliphatic heterocycles. The lowest BCUT2D eigenvalue weighted by atomic mass is 9.87. The SMILES string of the molecule is O=C(c1ccccc1)[C@H](CCI)[C@H](O)c1ccccc1. The predicted octanol–water partition coefficient (Wildman–Crippen LogP) is 4.04. The van der Waals surface area contributed by atoms with Gasteiger partial charge in [-0.25, -0.2) is 0 Å². The summed E-state index contributed by atoms with van der Waals surface area (Å²) < 4.78 is 0.838. The van der Waals surface area contributed by atoms with Crippen LogP contribution >= 0.6 is 22.6 Å². The highest BCUT2D eigenvalue weighted by atomic mass is 127. The molecule has 20 heavy (non-hydrogen) atoms. The van der Waals surface area contributed by atoms with E-state index in [2.05, 4.69) is 22.6 Å². The van der Waals surface area contributed by atoms with E-state index in [1.54, 1.807) is 12.1 Å². The van der Waals surface area contributed by atoms with Gasteiger partial charge in [0.25, 0.3) is 0 Å². The first kappa shape index (κ1) is 15.2. The summed E-state index contributed by atoms with van der Waals surface area (Å²) in [5.41, 5.74) is 1.46. The number of carbonyl (C=O) groups is 1. The molecule has 2 rings (SSSR count). The number of alkyl halides is 1. The minimum Gasteiger partial charge on any atom is -0.388 e. The van der Waals surface area contributed by atoms with Gasteiger partial charge in [-0.15, -0.1) is 0 Å². The molecule has 2 aromatic carbocycles. The molecule has 2 aromatic rings. The lowest BCUT2D eigenvalue weighted by Crippen LogP contribution is -2.23. The second kappa shape index (κ2) is 7.55. The van der Waals surface area contributed by atoms with E-state index in [9.17, 15) is 9.90 Å². The van der Waals surface area contributed by atoms with Crippen molar-refractivity contribution in [1.82, 2.24) is 0 Å². The average Bonchev–Trinajstić information content (AvgIpc) is 2.53. The van der Waals surface area contributed by atoms with Gasteiger partial charge in [-0.1, -0.05) is 83.3 Å². The molecule has 0 saturated heterocycles. The monoisotopic (exact) mass is 380 g/mol. The smallest absolute Gasteiger partial charge is 0.168 e. The van der Waals surface area contributed by atoms with Gasteiger partial charge in [0.2, 0.25) is 0 Å². The summed E-state index contributed by atoms with van der Waals surface area (Å²) in [6.07, 6.45) is -0.0802. The van der Waals surface area contributed by atoms with Crippen molar-refractivity contribution in [3.05, 3.63) is 71.8 Å². The van der Waals surface area contributed by atoms with Crippen LogP contribution in [0.5, 0.6) is 0 Å². The number of aliphatic hydroxyl groups is 1. The fourth-order valence-electron chi connectivity index (χ4n) is 2.25. The molecule has 0 aliphatic rings. The standard InChI is InChI=1S/C17H17IO2/c18-12-11-15(16(19)13-7-3-1-4-8-13)17(20)14-9-5-2-6-10-14/h1-10,15-16,19H,11-12H2/t15-,16-/m1/s1. The number of aliphatic hydroxyl groups excluding tert-OH is 1. The molecule has 0 unspecified atom stereocenters. The Bertz CT molecular complexity index is 539. The Morgan fingerprint density at radius 1 is 1.00 bits per heavy atom. The van der Waals surface area contributed by atoms with E-state index in [0.717, 1.165) is 9.99 Å². The number of halogens is 1. The van der Waals surface area contributed by atoms with Gasteiger partial charge in [-0.05, 0) is 12.0 Å². The number of ketones is 1. The van der Waals surface area contributed by atoms with Gasteiger partial charge in [0.05, 0.1) is 12.0 Å². The van der Waals surface area contributed by atoms with Crippen LogP contribution in [0.1, 0.15) is 28.4 Å². The van der Waals surface area contributed by atoms with Gasteiger partial charge in [-0.2, -0.15) is 0 Å². The zero-order chi connectivity index (χ0) is 14.4. The lowest BCUT2D eigenvalue weighted by Gasteiger charge is -2.21. The lowest BCUT2D eigenvalue weighted by molar-refractivity contribution is 0.0671. The summed E-state index contributed by atoms with van der Waals surface area (Å²) in [5.74, 6) is -0.379. The van der Waals surface area contributed by atoms with Crippen LogP contribution in [0.4, 0.5) is 0 Å². The van der Waals surface area contributed by atoms with Crippen LogP contribution in [-0.4, -0.2) is 15.3 Å². The number of benzene rings is 2. The van der Waals surface area contributed by atoms with Crippen molar-refractivity contribution in [2.45, 2.75) is 12.5 Å². The Labute approximate surface area is 133 Å². The summed E-state index contributed by atoms with van der Waals surface area (Å²) in [5, 5.41) is 10.5. The van der Waals surface area contributed by atoms with E-state index >= 15 is 0 Å². The first-order valence-electron chi connectivity index (χ1n) is 6.62. The van der Waals surface area contributed by atoms with Gasteiger partial charge in [0.15, 0.2) is 5.78 Å². The molecule has 0 saturated carbocycles. The van der Waals surface area contributed by atoms with E-state index < -0.39 is 12.0 Å². The summed E-state index contributed by atoms with van der Waals surface area (Å²) in [6.45, 7) is 0. The molecule has 0 radical (unpaired) electrons. The molecule has 3 heteroatoms. The molecular formula is C17H17IO2. The Kier molecular flexibility index (Phi) is 5.73. The van der Waals surface area contributed by atoms with Crippen molar-refractivity contribution in [3.8, 4) is 0 Å². The quantitative estimate of drug-likeness (QED) is 0.467. The predicted molar refractivity (Wildman–Crippen MR) is 89.2 cm³/mol. The Morgan fingerprint density at radius 3 is 2.10 bits per heavy atom. The molecule has 0 aliphatic carbocycles. The largest absolute Gasteiger partial charge is 0.388 e. The van der Waals surface area contributed by atoms with Crippen molar-refractivity contribution >= 4 is 28.4 Å². The average molecular weight is 380 g/mol. The minimum atomic E-state index is -0.751. The Hall–Kier alpha value is -1.20. The third kappa shape index (κ3) is 3.67. The normalized spacial score (nSPS) is 13.7.